The van der Waals surface area contributed by atoms with E-state index in [1.54, 1.807) is 24.8 Å². The molecule has 150 valence electrons. The highest BCUT2D eigenvalue weighted by Crippen LogP contribution is 2.25. The molecule has 0 bridgehead atoms. The lowest BCUT2D eigenvalue weighted by Gasteiger charge is -2.20. The highest BCUT2D eigenvalue weighted by molar-refractivity contribution is 5.83. The molecule has 1 aromatic carbocycles. The average molecular weight is 397 g/mol. The number of pyridine rings is 2. The van der Waals surface area contributed by atoms with Crippen LogP contribution in [0.15, 0.2) is 96.1 Å². The molecule has 0 aliphatic heterocycles. The van der Waals surface area contributed by atoms with Gasteiger partial charge >= 0.3 is 0 Å². The molecule has 3 heterocycles. The monoisotopic (exact) mass is 397 g/mol. The maximum atomic E-state index is 12.9. The van der Waals surface area contributed by atoms with Crippen molar-refractivity contribution in [3.05, 3.63) is 107 Å². The number of rotatable bonds is 5. The van der Waals surface area contributed by atoms with Crippen molar-refractivity contribution in [3.63, 3.8) is 0 Å². The van der Waals surface area contributed by atoms with E-state index in [9.17, 15) is 4.79 Å². The predicted octanol–water partition coefficient (Wildman–Crippen LogP) is 4.52. The molecule has 5 rings (SSSR count). The molecule has 4 aromatic rings. The smallest absolute Gasteiger partial charge is 0.193 e. The molecule has 0 unspecified atom stereocenters. The van der Waals surface area contributed by atoms with Gasteiger partial charge < -0.3 is 9.88 Å². The van der Waals surface area contributed by atoms with Crippen LogP contribution in [0, 0.1) is 0 Å². The zero-order valence-corrected chi connectivity index (χ0v) is 16.4. The molecular formula is C24H23N5O. The highest BCUT2D eigenvalue weighted by Gasteiger charge is 2.13. The van der Waals surface area contributed by atoms with Gasteiger partial charge in [0.25, 0.3) is 0 Å². The van der Waals surface area contributed by atoms with Crippen molar-refractivity contribution in [3.8, 4) is 5.69 Å². The molecule has 6 nitrogen and oxygen atoms in total. The van der Waals surface area contributed by atoms with E-state index >= 15 is 0 Å². The van der Waals surface area contributed by atoms with Crippen molar-refractivity contribution in [2.45, 2.75) is 19.4 Å². The Hall–Kier alpha value is -3.93. The zero-order chi connectivity index (χ0) is 20.3. The summed E-state index contributed by atoms with van der Waals surface area (Å²) in [7, 11) is 0. The molecule has 0 saturated carbocycles. The van der Waals surface area contributed by atoms with Crippen LogP contribution in [0.3, 0.4) is 0 Å². The number of benzene rings is 1. The highest BCUT2D eigenvalue weighted by atomic mass is 16.1. The van der Waals surface area contributed by atoms with Crippen LogP contribution in [0.25, 0.3) is 16.6 Å². The number of allylic oxidation sites excluding steroid dienone is 3. The van der Waals surface area contributed by atoms with Crippen LogP contribution in [-0.4, -0.2) is 19.1 Å². The minimum Gasteiger partial charge on any atom is -0.342 e. The first-order valence-corrected chi connectivity index (χ1v) is 9.97. The standard InChI is InChI=1S/C24H21N5O.H2/c30-23-14-24(27-18-7-3-1-4-8-18)29(20-9-5-2-6-10-20)22-13-19(26-15-21(22)23)16-28-12-11-25-17-28;/h2-3,5-15,17,27H,1,4,16H2;1H. The summed E-state index contributed by atoms with van der Waals surface area (Å²) in [6.45, 7) is 0.588. The molecule has 0 atom stereocenters. The summed E-state index contributed by atoms with van der Waals surface area (Å²) in [6, 6.07) is 13.7. The molecule has 1 N–H and O–H groups in total. The number of anilines is 1. The molecular weight excluding hydrogens is 374 g/mol. The quantitative estimate of drug-likeness (QED) is 0.538. The first kappa shape index (κ1) is 18.1. The van der Waals surface area contributed by atoms with Crippen molar-refractivity contribution in [1.82, 2.24) is 19.1 Å². The summed E-state index contributed by atoms with van der Waals surface area (Å²) >= 11 is 0. The summed E-state index contributed by atoms with van der Waals surface area (Å²) in [5.41, 5.74) is 3.60. The van der Waals surface area contributed by atoms with Crippen LogP contribution in [0.4, 0.5) is 5.82 Å². The minimum atomic E-state index is -0.0539. The summed E-state index contributed by atoms with van der Waals surface area (Å²) in [5, 5.41) is 4.04. The molecule has 0 saturated heterocycles. The summed E-state index contributed by atoms with van der Waals surface area (Å²) < 4.78 is 4.04. The molecule has 0 spiro atoms. The Kier molecular flexibility index (Phi) is 4.73. The van der Waals surface area contributed by atoms with Gasteiger partial charge in [0, 0.05) is 37.5 Å². The third-order valence-electron chi connectivity index (χ3n) is 5.14. The Morgan fingerprint density at radius 3 is 2.80 bits per heavy atom. The van der Waals surface area contributed by atoms with Gasteiger partial charge in [-0.1, -0.05) is 30.4 Å². The molecule has 0 radical (unpaired) electrons. The van der Waals surface area contributed by atoms with Gasteiger partial charge in [-0.3, -0.25) is 14.3 Å². The van der Waals surface area contributed by atoms with Crippen molar-refractivity contribution in [2.24, 2.45) is 0 Å². The first-order valence-electron chi connectivity index (χ1n) is 9.97. The van der Waals surface area contributed by atoms with E-state index in [0.717, 1.165) is 41.3 Å². The van der Waals surface area contributed by atoms with Crippen molar-refractivity contribution in [2.75, 3.05) is 5.32 Å². The summed E-state index contributed by atoms with van der Waals surface area (Å²) in [5.74, 6) is 0.733. The van der Waals surface area contributed by atoms with Gasteiger partial charge in [0.2, 0.25) is 0 Å². The Balaban J connectivity index is 0.00000231. The Morgan fingerprint density at radius 1 is 1.13 bits per heavy atom. The van der Waals surface area contributed by atoms with E-state index in [1.807, 2.05) is 47.2 Å². The van der Waals surface area contributed by atoms with Gasteiger partial charge in [-0.15, -0.1) is 0 Å². The van der Waals surface area contributed by atoms with Gasteiger partial charge in [-0.25, -0.2) is 4.98 Å². The first-order chi connectivity index (χ1) is 14.8. The van der Waals surface area contributed by atoms with Crippen LogP contribution in [0.5, 0.6) is 0 Å². The lowest BCUT2D eigenvalue weighted by molar-refractivity contribution is 0.774. The largest absolute Gasteiger partial charge is 0.342 e. The summed E-state index contributed by atoms with van der Waals surface area (Å²) in [4.78, 5) is 21.5. The SMILES string of the molecule is O=c1cc(NC2=CCCC=C2)n(-c2ccccc2)c2cc(Cn3ccnc3)ncc12.[HH]. The number of hydrogen-bond acceptors (Lipinski definition) is 4. The topological polar surface area (TPSA) is 64.7 Å². The van der Waals surface area contributed by atoms with E-state index in [2.05, 4.69) is 38.1 Å². The molecule has 1 aliphatic carbocycles. The number of hydrogen-bond donors (Lipinski definition) is 1. The maximum Gasteiger partial charge on any atom is 0.193 e. The predicted molar refractivity (Wildman–Crippen MR) is 121 cm³/mol. The second-order valence-corrected chi connectivity index (χ2v) is 7.26. The lowest BCUT2D eigenvalue weighted by Crippen LogP contribution is -2.15. The fraction of sp³-hybridized carbons (Fsp3) is 0.125. The third kappa shape index (κ3) is 3.55. The van der Waals surface area contributed by atoms with E-state index in [4.69, 9.17) is 0 Å². The molecule has 3 aromatic heterocycles. The number of fused-ring (bicyclic) bond motifs is 1. The van der Waals surface area contributed by atoms with E-state index in [-0.39, 0.29) is 6.86 Å². The van der Waals surface area contributed by atoms with Gasteiger partial charge in [0.1, 0.15) is 5.82 Å². The van der Waals surface area contributed by atoms with Gasteiger partial charge in [0.05, 0.1) is 29.5 Å². The maximum absolute atomic E-state index is 12.9. The van der Waals surface area contributed by atoms with Crippen molar-refractivity contribution >= 4 is 16.7 Å². The van der Waals surface area contributed by atoms with Crippen LogP contribution in [-0.2, 0) is 6.54 Å². The van der Waals surface area contributed by atoms with Crippen LogP contribution in [0.2, 0.25) is 0 Å². The molecule has 0 amide bonds. The second-order valence-electron chi connectivity index (χ2n) is 7.26. The lowest BCUT2D eigenvalue weighted by atomic mass is 10.1. The Bertz CT molecular complexity index is 1310. The molecule has 1 aliphatic rings. The molecule has 30 heavy (non-hydrogen) atoms. The van der Waals surface area contributed by atoms with E-state index in [0.29, 0.717) is 11.9 Å². The fourth-order valence-corrected chi connectivity index (χ4v) is 3.71. The summed E-state index contributed by atoms with van der Waals surface area (Å²) in [6.07, 6.45) is 15.5. The Labute approximate surface area is 175 Å². The van der Waals surface area contributed by atoms with Crippen molar-refractivity contribution in [1.29, 1.82) is 0 Å². The van der Waals surface area contributed by atoms with Gasteiger partial charge in [-0.2, -0.15) is 0 Å². The van der Waals surface area contributed by atoms with Crippen LogP contribution >= 0.6 is 0 Å². The molecule has 6 heteroatoms. The van der Waals surface area contributed by atoms with E-state index < -0.39 is 0 Å². The van der Waals surface area contributed by atoms with Crippen LogP contribution in [0.1, 0.15) is 20.0 Å². The average Bonchev–Trinajstić information content (AvgIpc) is 3.28. The normalized spacial score (nSPS) is 13.4. The third-order valence-corrected chi connectivity index (χ3v) is 5.14. The number of nitrogens with zero attached hydrogens (tertiary/aromatic N) is 4. The fourth-order valence-electron chi connectivity index (χ4n) is 3.71. The van der Waals surface area contributed by atoms with E-state index in [1.165, 1.54) is 0 Å². The zero-order valence-electron chi connectivity index (χ0n) is 16.4. The number of para-hydroxylation sites is 1. The van der Waals surface area contributed by atoms with Gasteiger partial charge in [-0.05, 0) is 37.1 Å². The molecule has 0 fully saturated rings. The number of imidazole rings is 1. The van der Waals surface area contributed by atoms with Crippen LogP contribution < -0.4 is 10.7 Å². The number of nitrogens with one attached hydrogen (secondary N) is 1. The number of aromatic nitrogens is 4. The Morgan fingerprint density at radius 2 is 2.03 bits per heavy atom. The van der Waals surface area contributed by atoms with Gasteiger partial charge in [0.15, 0.2) is 5.43 Å². The van der Waals surface area contributed by atoms with Crippen molar-refractivity contribution < 1.29 is 1.43 Å². The minimum absolute atomic E-state index is 0. The second kappa shape index (κ2) is 7.83.